The number of Topliss-reactive ketones (excluding diaryl/α,β-unsaturated/α-hetero) is 1. The molecule has 1 unspecified atom stereocenters. The van der Waals surface area contributed by atoms with Crippen LogP contribution in [0.3, 0.4) is 0 Å². The van der Waals surface area contributed by atoms with Crippen LogP contribution in [-0.2, 0) is 34.6 Å². The third-order valence-electron chi connectivity index (χ3n) is 8.58. The van der Waals surface area contributed by atoms with Crippen LogP contribution in [0.4, 0.5) is 13.2 Å². The first-order valence-electron chi connectivity index (χ1n) is 12.5. The van der Waals surface area contributed by atoms with Crippen LogP contribution >= 0.6 is 0 Å². The molecule has 39 heavy (non-hydrogen) atoms. The normalized spacial score (nSPS) is 16.4. The molecule has 0 radical (unpaired) electrons. The van der Waals surface area contributed by atoms with E-state index < -0.39 is 49.9 Å². The Bertz CT molecular complexity index is 1520. The van der Waals surface area contributed by atoms with Gasteiger partial charge in [0.2, 0.25) is 17.4 Å². The lowest BCUT2D eigenvalue weighted by Gasteiger charge is -2.32. The third-order valence-corrected chi connectivity index (χ3v) is 10.4. The van der Waals surface area contributed by atoms with Gasteiger partial charge in [-0.05, 0) is 5.56 Å². The highest BCUT2D eigenvalue weighted by Crippen LogP contribution is 2.34. The number of halogens is 3. The van der Waals surface area contributed by atoms with Gasteiger partial charge in [-0.25, -0.2) is 0 Å². The van der Waals surface area contributed by atoms with Crippen molar-refractivity contribution in [1.82, 2.24) is 0 Å². The van der Waals surface area contributed by atoms with Gasteiger partial charge in [0, 0.05) is 5.56 Å². The summed E-state index contributed by atoms with van der Waals surface area (Å²) in [5.41, 5.74) is 10.8. The van der Waals surface area contributed by atoms with Crippen molar-refractivity contribution in [2.75, 3.05) is 0 Å². The zero-order valence-corrected chi connectivity index (χ0v) is 25.1. The summed E-state index contributed by atoms with van der Waals surface area (Å²) in [6, 6.07) is 0. The van der Waals surface area contributed by atoms with Crippen molar-refractivity contribution < 1.29 is 35.3 Å². The fourth-order valence-electron chi connectivity index (χ4n) is 5.65. The van der Waals surface area contributed by atoms with Crippen LogP contribution in [0, 0.1) is 0 Å². The quantitative estimate of drug-likeness (QED) is 0.298. The van der Waals surface area contributed by atoms with E-state index in [0.717, 1.165) is 27.3 Å². The Morgan fingerprint density at radius 3 is 1.51 bits per heavy atom. The van der Waals surface area contributed by atoms with Crippen molar-refractivity contribution in [1.29, 1.82) is 0 Å². The summed E-state index contributed by atoms with van der Waals surface area (Å²) in [5.74, 6) is -2.10. The second kappa shape index (κ2) is 9.96. The van der Waals surface area contributed by atoms with Crippen molar-refractivity contribution in [2.45, 2.75) is 16.8 Å². The maximum absolute atomic E-state index is 13.7. The first kappa shape index (κ1) is 31.2. The molecule has 0 aliphatic carbocycles. The Balaban J connectivity index is 2.08. The Labute approximate surface area is 237 Å². The van der Waals surface area contributed by atoms with E-state index in [9.17, 15) is 26.4 Å². The molecular formula is C18H25B11F3NO5S. The van der Waals surface area contributed by atoms with Crippen LogP contribution in [0.1, 0.15) is 22.8 Å². The SMILES string of the molecule is Bc1c(B)c(B)c(C(B)(B)S(=O)(=O)OC2=C(N)OC(c3c(B)c(B)c(C(F)(F)F)c(B)c3B)C2=O)c(B)c1B. The molecule has 0 fully saturated rings. The molecular weight excluding hydrogens is 518 g/mol. The van der Waals surface area contributed by atoms with Crippen molar-refractivity contribution in [3.8, 4) is 0 Å². The molecule has 0 aromatic heterocycles. The number of carbonyl (C=O) groups is 1. The van der Waals surface area contributed by atoms with Crippen LogP contribution in [0.5, 0.6) is 0 Å². The molecule has 3 rings (SSSR count). The Kier molecular flexibility index (Phi) is 7.98. The molecule has 1 heterocycles. The lowest BCUT2D eigenvalue weighted by molar-refractivity contribution is -0.135. The minimum absolute atomic E-state index is 0.0465. The second-order valence-electron chi connectivity index (χ2n) is 10.9. The highest BCUT2D eigenvalue weighted by Gasteiger charge is 2.47. The van der Waals surface area contributed by atoms with Gasteiger partial charge in [-0.3, -0.25) is 4.79 Å². The number of carbonyl (C=O) groups excluding carboxylic acids is 1. The average molecular weight is 543 g/mol. The fourth-order valence-corrected chi connectivity index (χ4v) is 6.80. The summed E-state index contributed by atoms with van der Waals surface area (Å²) >= 11 is 0. The lowest BCUT2D eigenvalue weighted by atomic mass is 9.53. The molecule has 6 nitrogen and oxygen atoms in total. The summed E-state index contributed by atoms with van der Waals surface area (Å²) in [6.45, 7) is 0. The largest absolute Gasteiger partial charge is 0.460 e. The van der Waals surface area contributed by atoms with E-state index in [4.69, 9.17) is 14.7 Å². The van der Waals surface area contributed by atoms with Gasteiger partial charge in [-0.15, -0.1) is 16.4 Å². The van der Waals surface area contributed by atoms with Crippen LogP contribution in [0.2, 0.25) is 0 Å². The van der Waals surface area contributed by atoms with Gasteiger partial charge >= 0.3 is 16.3 Å². The van der Waals surface area contributed by atoms with Crippen LogP contribution < -0.4 is 54.9 Å². The van der Waals surface area contributed by atoms with Crippen LogP contribution in [0.15, 0.2) is 11.6 Å². The molecule has 0 spiro atoms. The molecule has 1 atom stereocenters. The molecule has 2 aromatic rings. The molecule has 2 N–H and O–H groups in total. The first-order valence-corrected chi connectivity index (χ1v) is 13.9. The maximum Gasteiger partial charge on any atom is 0.415 e. The molecule has 0 saturated carbocycles. The third kappa shape index (κ3) is 4.82. The van der Waals surface area contributed by atoms with Crippen molar-refractivity contribution in [2.24, 2.45) is 5.73 Å². The molecule has 21 heteroatoms. The van der Waals surface area contributed by atoms with Gasteiger partial charge < -0.3 is 14.7 Å². The standard InChI is InChI=1S/C18H25B11F3NO5S/c19-4-1(5(20)9(24)3(8(4)23)18(30,31)32)14-13(34)15(16(33)37-14)38-39(35,36)17(28,29)2-6(21)10(25)12(27)11(26)7(2)22/h14H,19-29,33H2. The molecule has 1 aliphatic rings. The van der Waals surface area contributed by atoms with Gasteiger partial charge in [0.25, 0.3) is 0 Å². The number of alkyl halides is 3. The smallest absolute Gasteiger partial charge is 0.415 e. The minimum atomic E-state index is -4.59. The van der Waals surface area contributed by atoms with E-state index in [1.165, 1.54) is 47.1 Å². The molecule has 192 valence electrons. The van der Waals surface area contributed by atoms with Gasteiger partial charge in [-0.1, -0.05) is 38.3 Å². The highest BCUT2D eigenvalue weighted by atomic mass is 32.2. The Morgan fingerprint density at radius 1 is 0.718 bits per heavy atom. The van der Waals surface area contributed by atoms with Crippen molar-refractivity contribution in [3.63, 3.8) is 0 Å². The number of rotatable bonds is 5. The fraction of sp³-hybridized carbons (Fsp3) is 0.167. The summed E-state index contributed by atoms with van der Waals surface area (Å²) in [5, 5.41) is 0. The van der Waals surface area contributed by atoms with Crippen LogP contribution in [-0.4, -0.2) is 101 Å². The monoisotopic (exact) mass is 545 g/mol. The van der Waals surface area contributed by atoms with Crippen molar-refractivity contribution >= 4 is 151 Å². The van der Waals surface area contributed by atoms with Gasteiger partial charge in [0.1, 0.15) is 86.3 Å². The van der Waals surface area contributed by atoms with E-state index in [1.54, 1.807) is 0 Å². The first-order chi connectivity index (χ1) is 17.6. The van der Waals surface area contributed by atoms with E-state index in [-0.39, 0.29) is 27.4 Å². The maximum atomic E-state index is 13.7. The molecule has 1 aliphatic heterocycles. The van der Waals surface area contributed by atoms with Gasteiger partial charge in [0.15, 0.2) is 6.10 Å². The summed E-state index contributed by atoms with van der Waals surface area (Å²) in [4.78, 5) is 13.5. The topological polar surface area (TPSA) is 95.7 Å². The number of hydrogen-bond donors (Lipinski definition) is 1. The van der Waals surface area contributed by atoms with E-state index >= 15 is 0 Å². The summed E-state index contributed by atoms with van der Waals surface area (Å²) in [7, 11) is 13.6. The second-order valence-corrected chi connectivity index (χ2v) is 13.0. The molecule has 0 saturated heterocycles. The number of nitrogens with two attached hydrogens (primary N) is 1. The van der Waals surface area contributed by atoms with Gasteiger partial charge in [0.05, 0.1) is 4.55 Å². The highest BCUT2D eigenvalue weighted by molar-refractivity contribution is 7.90. The van der Waals surface area contributed by atoms with E-state index in [1.807, 2.05) is 39.2 Å². The zero-order chi connectivity index (χ0) is 30.2. The van der Waals surface area contributed by atoms with Crippen LogP contribution in [0.25, 0.3) is 0 Å². The number of benzene rings is 2. The molecule has 0 amide bonds. The van der Waals surface area contributed by atoms with Crippen molar-refractivity contribution in [3.05, 3.63) is 28.3 Å². The Hall–Kier alpha value is -2.30. The summed E-state index contributed by atoms with van der Waals surface area (Å²) in [6.07, 6.45) is -6.03. The van der Waals surface area contributed by atoms with E-state index in [2.05, 4.69) is 0 Å². The predicted octanol–water partition coefficient (Wildman–Crippen LogP) is -14.8. The van der Waals surface area contributed by atoms with E-state index in [0.29, 0.717) is 5.56 Å². The summed E-state index contributed by atoms with van der Waals surface area (Å²) < 4.78 is 78.0. The number of ketones is 1. The predicted molar refractivity (Wildman–Crippen MR) is 180 cm³/mol. The number of hydrogen-bond acceptors (Lipinski definition) is 6. The number of ether oxygens (including phenoxy) is 1. The average Bonchev–Trinajstić information content (AvgIpc) is 3.07. The minimum Gasteiger partial charge on any atom is -0.460 e. The Morgan fingerprint density at radius 2 is 1.10 bits per heavy atom. The lowest BCUT2D eigenvalue weighted by Crippen LogP contribution is -2.60. The molecule has 2 aromatic carbocycles. The molecule has 0 bridgehead atoms. The zero-order valence-electron chi connectivity index (χ0n) is 24.2. The van der Waals surface area contributed by atoms with Gasteiger partial charge in [-0.2, -0.15) is 21.6 Å².